The smallest absolute Gasteiger partial charge is 0.160 e. The standard InChI is InChI=1S/C48H30N2O/c1-3-14-31(15-4-1)35-27-29-44(48-47(35)38-20-9-12-25-45(38)51-48)50-41-23-11-8-19-37(41)46-34(21-13-24-43(46)50)32-26-28-42-39(30-32)36-18-7-10-22-40(36)49(42)33-16-5-2-6-17-33/h1-30H/i1D,3D,4D,14D,15D. The van der Waals surface area contributed by atoms with Crippen LogP contribution in [-0.4, -0.2) is 9.13 Å². The fourth-order valence-electron chi connectivity index (χ4n) is 8.10. The summed E-state index contributed by atoms with van der Waals surface area (Å²) < 4.78 is 54.0. The Morgan fingerprint density at radius 3 is 1.94 bits per heavy atom. The first-order chi connectivity index (χ1) is 27.4. The van der Waals surface area contributed by atoms with Crippen molar-refractivity contribution in [2.75, 3.05) is 0 Å². The number of aromatic nitrogens is 2. The van der Waals surface area contributed by atoms with Gasteiger partial charge in [-0.2, -0.15) is 0 Å². The molecule has 8 aromatic carbocycles. The molecule has 0 amide bonds. The Hall–Kier alpha value is -6.84. The summed E-state index contributed by atoms with van der Waals surface area (Å²) >= 11 is 0. The van der Waals surface area contributed by atoms with E-state index in [9.17, 15) is 0 Å². The minimum Gasteiger partial charge on any atom is -0.454 e. The third-order valence-electron chi connectivity index (χ3n) is 10.2. The summed E-state index contributed by atoms with van der Waals surface area (Å²) in [6.07, 6.45) is 0. The van der Waals surface area contributed by atoms with Crippen molar-refractivity contribution >= 4 is 65.6 Å². The molecule has 0 aliphatic rings. The van der Waals surface area contributed by atoms with E-state index < -0.39 is 6.04 Å². The number of para-hydroxylation sites is 4. The highest BCUT2D eigenvalue weighted by Gasteiger charge is 2.22. The number of benzene rings is 8. The molecular weight excluding hydrogens is 621 g/mol. The molecule has 0 spiro atoms. The Kier molecular flexibility index (Phi) is 4.99. The SMILES string of the molecule is [2H]c1c([2H])c([2H])c(-c2ccc(-n3c4ccccc4c4c(-c5ccc6c(c5)c5ccccc5n6-c5ccccc5)cccc43)c3oc4ccccc4c23)c([2H])c1[2H]. The number of hydrogen-bond donors (Lipinski definition) is 0. The number of nitrogens with zero attached hydrogens (tertiary/aromatic N) is 2. The second kappa shape index (κ2) is 10.8. The molecule has 238 valence electrons. The van der Waals surface area contributed by atoms with E-state index in [2.05, 4.69) is 112 Å². The summed E-state index contributed by atoms with van der Waals surface area (Å²) in [5, 5.41) is 6.05. The lowest BCUT2D eigenvalue weighted by Crippen LogP contribution is -1.95. The Labute approximate surface area is 300 Å². The minimum absolute atomic E-state index is 0.146. The molecule has 0 saturated carbocycles. The van der Waals surface area contributed by atoms with Crippen LogP contribution in [0.4, 0.5) is 0 Å². The number of rotatable bonds is 4. The molecule has 11 rings (SSSR count). The van der Waals surface area contributed by atoms with Crippen molar-refractivity contribution in [2.45, 2.75) is 0 Å². The third-order valence-corrected chi connectivity index (χ3v) is 10.2. The fraction of sp³-hybridized carbons (Fsp3) is 0. The molecule has 0 fully saturated rings. The summed E-state index contributed by atoms with van der Waals surface area (Å²) in [6, 6.07) is 50.5. The molecule has 0 aliphatic heterocycles. The molecule has 0 atom stereocenters. The van der Waals surface area contributed by atoms with Crippen LogP contribution in [0.15, 0.2) is 186 Å². The quantitative estimate of drug-likeness (QED) is 0.185. The topological polar surface area (TPSA) is 23.0 Å². The number of furan rings is 1. The zero-order valence-corrected chi connectivity index (χ0v) is 27.2. The Bertz CT molecular complexity index is 3400. The zero-order chi connectivity index (χ0) is 37.8. The van der Waals surface area contributed by atoms with Gasteiger partial charge in [-0.1, -0.05) is 127 Å². The zero-order valence-electron chi connectivity index (χ0n) is 32.2. The van der Waals surface area contributed by atoms with Gasteiger partial charge in [0.2, 0.25) is 0 Å². The van der Waals surface area contributed by atoms with Crippen LogP contribution >= 0.6 is 0 Å². The van der Waals surface area contributed by atoms with Crippen LogP contribution in [0.25, 0.3) is 99.2 Å². The Morgan fingerprint density at radius 1 is 0.431 bits per heavy atom. The van der Waals surface area contributed by atoms with Crippen LogP contribution < -0.4 is 0 Å². The molecule has 3 heteroatoms. The van der Waals surface area contributed by atoms with E-state index in [0.29, 0.717) is 22.1 Å². The van der Waals surface area contributed by atoms with Crippen molar-refractivity contribution in [1.29, 1.82) is 0 Å². The van der Waals surface area contributed by atoms with E-state index in [1.54, 1.807) is 0 Å². The van der Waals surface area contributed by atoms with E-state index in [0.717, 1.165) is 60.7 Å². The molecule has 11 aromatic rings. The van der Waals surface area contributed by atoms with Gasteiger partial charge in [-0.3, -0.25) is 0 Å². The fourth-order valence-corrected chi connectivity index (χ4v) is 8.10. The molecule has 0 radical (unpaired) electrons. The van der Waals surface area contributed by atoms with Crippen molar-refractivity contribution in [3.05, 3.63) is 182 Å². The largest absolute Gasteiger partial charge is 0.454 e. The molecule has 3 aromatic heterocycles. The molecular formula is C48H30N2O. The van der Waals surface area contributed by atoms with Gasteiger partial charge in [-0.15, -0.1) is 0 Å². The second-order valence-corrected chi connectivity index (χ2v) is 12.9. The molecule has 3 nitrogen and oxygen atoms in total. The van der Waals surface area contributed by atoms with Gasteiger partial charge in [0.1, 0.15) is 5.58 Å². The maximum atomic E-state index is 8.85. The van der Waals surface area contributed by atoms with Crippen LogP contribution in [0.3, 0.4) is 0 Å². The molecule has 0 N–H and O–H groups in total. The molecule has 3 heterocycles. The predicted octanol–water partition coefficient (Wildman–Crippen LogP) is 13.1. The van der Waals surface area contributed by atoms with Gasteiger partial charge < -0.3 is 13.6 Å². The number of hydrogen-bond acceptors (Lipinski definition) is 1. The van der Waals surface area contributed by atoms with Gasteiger partial charge in [-0.05, 0) is 76.9 Å². The van der Waals surface area contributed by atoms with Crippen LogP contribution in [0.2, 0.25) is 0 Å². The van der Waals surface area contributed by atoms with E-state index in [-0.39, 0.29) is 29.7 Å². The normalized spacial score (nSPS) is 13.3. The molecule has 0 unspecified atom stereocenters. The summed E-state index contributed by atoms with van der Waals surface area (Å²) in [5.41, 5.74) is 10.3. The van der Waals surface area contributed by atoms with Crippen molar-refractivity contribution < 1.29 is 11.3 Å². The lowest BCUT2D eigenvalue weighted by molar-refractivity contribution is 0.666. The highest BCUT2D eigenvalue weighted by molar-refractivity contribution is 6.20. The van der Waals surface area contributed by atoms with Crippen LogP contribution in [-0.2, 0) is 0 Å². The summed E-state index contributed by atoms with van der Waals surface area (Å²) in [6.45, 7) is 0. The first-order valence-electron chi connectivity index (χ1n) is 19.5. The van der Waals surface area contributed by atoms with Gasteiger partial charge in [0, 0.05) is 38.0 Å². The predicted molar refractivity (Wildman–Crippen MR) is 213 cm³/mol. The maximum absolute atomic E-state index is 8.85. The summed E-state index contributed by atoms with van der Waals surface area (Å²) in [4.78, 5) is 0. The molecule has 0 aliphatic carbocycles. The monoisotopic (exact) mass is 655 g/mol. The summed E-state index contributed by atoms with van der Waals surface area (Å²) in [5.74, 6) is 0. The minimum atomic E-state index is -0.421. The molecule has 0 bridgehead atoms. The number of fused-ring (bicyclic) bond motifs is 9. The van der Waals surface area contributed by atoms with Gasteiger partial charge >= 0.3 is 0 Å². The van der Waals surface area contributed by atoms with Crippen molar-refractivity contribution in [3.8, 4) is 33.6 Å². The van der Waals surface area contributed by atoms with Crippen molar-refractivity contribution in [1.82, 2.24) is 9.13 Å². The maximum Gasteiger partial charge on any atom is 0.160 e. The summed E-state index contributed by atoms with van der Waals surface area (Å²) in [7, 11) is 0. The highest BCUT2D eigenvalue weighted by atomic mass is 16.3. The van der Waals surface area contributed by atoms with E-state index >= 15 is 0 Å². The Balaban J connectivity index is 1.19. The first kappa shape index (κ1) is 23.5. The van der Waals surface area contributed by atoms with Crippen LogP contribution in [0, 0.1) is 0 Å². The molecule has 0 saturated heterocycles. The lowest BCUT2D eigenvalue weighted by Gasteiger charge is -2.12. The van der Waals surface area contributed by atoms with Gasteiger partial charge in [0.25, 0.3) is 0 Å². The lowest BCUT2D eigenvalue weighted by atomic mass is 9.97. The van der Waals surface area contributed by atoms with Crippen molar-refractivity contribution in [3.63, 3.8) is 0 Å². The van der Waals surface area contributed by atoms with Gasteiger partial charge in [0.05, 0.1) is 34.6 Å². The first-order valence-corrected chi connectivity index (χ1v) is 17.0. The van der Waals surface area contributed by atoms with E-state index in [4.69, 9.17) is 11.3 Å². The third kappa shape index (κ3) is 4.06. The van der Waals surface area contributed by atoms with Crippen molar-refractivity contribution in [2.24, 2.45) is 0 Å². The van der Waals surface area contributed by atoms with E-state index in [1.165, 1.54) is 10.8 Å². The molecule has 51 heavy (non-hydrogen) atoms. The van der Waals surface area contributed by atoms with Crippen LogP contribution in [0.5, 0.6) is 0 Å². The van der Waals surface area contributed by atoms with Gasteiger partial charge in [0.15, 0.2) is 5.58 Å². The van der Waals surface area contributed by atoms with E-state index in [1.807, 2.05) is 48.5 Å². The second-order valence-electron chi connectivity index (χ2n) is 12.9. The highest BCUT2D eigenvalue weighted by Crippen LogP contribution is 2.44. The van der Waals surface area contributed by atoms with Gasteiger partial charge in [-0.25, -0.2) is 0 Å². The average Bonchev–Trinajstić information content (AvgIpc) is 3.91. The van der Waals surface area contributed by atoms with Crippen LogP contribution in [0.1, 0.15) is 6.85 Å². The Morgan fingerprint density at radius 2 is 1.10 bits per heavy atom. The average molecular weight is 656 g/mol.